The molecule has 0 aromatic heterocycles. The summed E-state index contributed by atoms with van der Waals surface area (Å²) in [5.41, 5.74) is 0.481. The molecule has 0 heterocycles. The Balaban J connectivity index is 3.94. The van der Waals surface area contributed by atoms with Crippen molar-refractivity contribution in [3.05, 3.63) is 0 Å². The van der Waals surface area contributed by atoms with Crippen molar-refractivity contribution in [1.82, 2.24) is 0 Å². The molecule has 0 fully saturated rings. The van der Waals surface area contributed by atoms with Gasteiger partial charge in [-0.1, -0.05) is 85.5 Å². The molecule has 0 radical (unpaired) electrons. The molecule has 2 unspecified atom stereocenters. The highest BCUT2D eigenvalue weighted by Crippen LogP contribution is 2.38. The summed E-state index contributed by atoms with van der Waals surface area (Å²) in [5.74, 6) is 1.23. The van der Waals surface area contributed by atoms with Crippen LogP contribution in [0.2, 0.25) is 0 Å². The van der Waals surface area contributed by atoms with E-state index in [1.165, 1.54) is 51.4 Å². The Hall–Kier alpha value is -0.170. The van der Waals surface area contributed by atoms with Crippen molar-refractivity contribution in [3.63, 3.8) is 0 Å². The number of aliphatic hydroxyl groups is 1. The SMILES string of the molecule is CCC(CCCCOCCCCC(CC)(CC)CCCCCO)CC(CC)CCS(N)(=O)=O. The molecule has 0 aliphatic heterocycles. The maximum atomic E-state index is 11.2. The van der Waals surface area contributed by atoms with E-state index in [1.54, 1.807) is 0 Å². The highest BCUT2D eigenvalue weighted by Gasteiger charge is 2.24. The first kappa shape index (κ1) is 32.8. The van der Waals surface area contributed by atoms with Gasteiger partial charge in [0.1, 0.15) is 0 Å². The Kier molecular flexibility index (Phi) is 20.0. The van der Waals surface area contributed by atoms with Gasteiger partial charge < -0.3 is 9.84 Å². The topological polar surface area (TPSA) is 89.6 Å². The van der Waals surface area contributed by atoms with Crippen LogP contribution in [0.5, 0.6) is 0 Å². The predicted octanol–water partition coefficient (Wildman–Crippen LogP) is 6.82. The number of hydrogen-bond acceptors (Lipinski definition) is 4. The Morgan fingerprint density at radius 1 is 0.788 bits per heavy atom. The minimum absolute atomic E-state index is 0.108. The van der Waals surface area contributed by atoms with Crippen molar-refractivity contribution in [2.75, 3.05) is 25.6 Å². The van der Waals surface area contributed by atoms with E-state index in [9.17, 15) is 8.42 Å². The zero-order chi connectivity index (χ0) is 25.0. The first-order chi connectivity index (χ1) is 15.8. The van der Waals surface area contributed by atoms with E-state index in [0.717, 1.165) is 58.2 Å². The third kappa shape index (κ3) is 17.9. The number of hydrogen-bond donors (Lipinski definition) is 2. The van der Waals surface area contributed by atoms with Crippen LogP contribution in [0.15, 0.2) is 0 Å². The van der Waals surface area contributed by atoms with Crippen LogP contribution in [0.25, 0.3) is 0 Å². The number of ether oxygens (including phenoxy) is 1. The lowest BCUT2D eigenvalue weighted by Crippen LogP contribution is -2.20. The minimum atomic E-state index is -3.35. The summed E-state index contributed by atoms with van der Waals surface area (Å²) in [6, 6.07) is 0. The summed E-state index contributed by atoms with van der Waals surface area (Å²) in [6.07, 6.45) is 18.3. The quantitative estimate of drug-likeness (QED) is 0.145. The molecule has 0 aromatic rings. The molecule has 6 heteroatoms. The van der Waals surface area contributed by atoms with Crippen molar-refractivity contribution in [3.8, 4) is 0 Å². The molecule has 0 aromatic carbocycles. The number of unbranched alkanes of at least 4 members (excludes halogenated alkanes) is 4. The van der Waals surface area contributed by atoms with Crippen LogP contribution >= 0.6 is 0 Å². The molecule has 200 valence electrons. The summed E-state index contributed by atoms with van der Waals surface area (Å²) in [4.78, 5) is 0. The summed E-state index contributed by atoms with van der Waals surface area (Å²) in [7, 11) is -3.35. The van der Waals surface area contributed by atoms with Gasteiger partial charge in [-0.15, -0.1) is 0 Å². The van der Waals surface area contributed by atoms with E-state index in [4.69, 9.17) is 15.0 Å². The molecular formula is C27H57NO4S. The van der Waals surface area contributed by atoms with E-state index in [0.29, 0.717) is 30.3 Å². The first-order valence-corrected chi connectivity index (χ1v) is 15.7. The average Bonchev–Trinajstić information content (AvgIpc) is 2.80. The summed E-state index contributed by atoms with van der Waals surface area (Å²) in [6.45, 7) is 11.1. The Bertz CT molecular complexity index is 534. The van der Waals surface area contributed by atoms with Crippen molar-refractivity contribution in [1.29, 1.82) is 0 Å². The second-order valence-corrected chi connectivity index (χ2v) is 12.0. The first-order valence-electron chi connectivity index (χ1n) is 13.9. The summed E-state index contributed by atoms with van der Waals surface area (Å²) >= 11 is 0. The van der Waals surface area contributed by atoms with Gasteiger partial charge in [0.2, 0.25) is 10.0 Å². The van der Waals surface area contributed by atoms with Crippen molar-refractivity contribution < 1.29 is 18.3 Å². The third-order valence-corrected chi connectivity index (χ3v) is 8.70. The Morgan fingerprint density at radius 2 is 1.33 bits per heavy atom. The number of sulfonamides is 1. The molecule has 0 saturated heterocycles. The van der Waals surface area contributed by atoms with Gasteiger partial charge in [-0.3, -0.25) is 0 Å². The molecular weight excluding hydrogens is 434 g/mol. The number of primary sulfonamides is 1. The Labute approximate surface area is 206 Å². The van der Waals surface area contributed by atoms with Gasteiger partial charge in [0, 0.05) is 19.8 Å². The highest BCUT2D eigenvalue weighted by atomic mass is 32.2. The van der Waals surface area contributed by atoms with Gasteiger partial charge in [-0.05, 0) is 62.2 Å². The third-order valence-electron chi connectivity index (χ3n) is 7.89. The molecule has 0 aliphatic rings. The van der Waals surface area contributed by atoms with Crippen LogP contribution in [-0.4, -0.2) is 39.1 Å². The number of rotatable bonds is 24. The lowest BCUT2D eigenvalue weighted by Gasteiger charge is -2.32. The molecule has 0 aliphatic carbocycles. The largest absolute Gasteiger partial charge is 0.396 e. The molecule has 0 spiro atoms. The van der Waals surface area contributed by atoms with Crippen molar-refractivity contribution >= 4 is 10.0 Å². The highest BCUT2D eigenvalue weighted by molar-refractivity contribution is 7.89. The van der Waals surface area contributed by atoms with E-state index in [-0.39, 0.29) is 5.75 Å². The van der Waals surface area contributed by atoms with Crippen LogP contribution in [-0.2, 0) is 14.8 Å². The summed E-state index contributed by atoms with van der Waals surface area (Å²) < 4.78 is 28.4. The zero-order valence-electron chi connectivity index (χ0n) is 22.5. The lowest BCUT2D eigenvalue weighted by atomic mass is 9.74. The minimum Gasteiger partial charge on any atom is -0.396 e. The molecule has 0 amide bonds. The van der Waals surface area contributed by atoms with Crippen LogP contribution in [0.3, 0.4) is 0 Å². The molecule has 0 bridgehead atoms. The molecule has 0 rings (SSSR count). The fraction of sp³-hybridized carbons (Fsp3) is 1.00. The maximum absolute atomic E-state index is 11.2. The van der Waals surface area contributed by atoms with Gasteiger partial charge >= 0.3 is 0 Å². The molecule has 33 heavy (non-hydrogen) atoms. The molecule has 2 atom stereocenters. The van der Waals surface area contributed by atoms with Crippen LogP contribution in [0.4, 0.5) is 0 Å². The number of nitrogens with two attached hydrogens (primary N) is 1. The smallest absolute Gasteiger partial charge is 0.209 e. The monoisotopic (exact) mass is 491 g/mol. The van der Waals surface area contributed by atoms with Gasteiger partial charge in [0.05, 0.1) is 5.75 Å². The van der Waals surface area contributed by atoms with E-state index >= 15 is 0 Å². The average molecular weight is 492 g/mol. The maximum Gasteiger partial charge on any atom is 0.209 e. The van der Waals surface area contributed by atoms with E-state index in [1.807, 2.05) is 0 Å². The van der Waals surface area contributed by atoms with Gasteiger partial charge in [0.25, 0.3) is 0 Å². The van der Waals surface area contributed by atoms with Crippen molar-refractivity contribution in [2.45, 2.75) is 130 Å². The fourth-order valence-corrected chi connectivity index (χ4v) is 5.76. The number of aliphatic hydroxyl groups excluding tert-OH is 1. The second kappa shape index (κ2) is 20.1. The second-order valence-electron chi connectivity index (χ2n) is 10.2. The zero-order valence-corrected chi connectivity index (χ0v) is 23.3. The Morgan fingerprint density at radius 3 is 1.85 bits per heavy atom. The van der Waals surface area contributed by atoms with Crippen LogP contribution in [0, 0.1) is 17.3 Å². The van der Waals surface area contributed by atoms with Crippen molar-refractivity contribution in [2.24, 2.45) is 22.4 Å². The predicted molar refractivity (Wildman–Crippen MR) is 142 cm³/mol. The van der Waals surface area contributed by atoms with Gasteiger partial charge in [0.15, 0.2) is 0 Å². The fourth-order valence-electron chi connectivity index (χ4n) is 5.09. The van der Waals surface area contributed by atoms with Gasteiger partial charge in [-0.25, -0.2) is 13.6 Å². The molecule has 5 nitrogen and oxygen atoms in total. The van der Waals surface area contributed by atoms with Gasteiger partial charge in [-0.2, -0.15) is 0 Å². The normalized spacial score (nSPS) is 14.5. The van der Waals surface area contributed by atoms with Crippen LogP contribution < -0.4 is 5.14 Å². The standard InChI is InChI=1S/C27H57NO4S/c1-5-25(24-26(6-2)17-23-33(28,30)31)16-10-14-21-32-22-15-12-19-27(7-3,8-4)18-11-9-13-20-29/h25-26,29H,5-24H2,1-4H3,(H2,28,30,31). The summed E-state index contributed by atoms with van der Waals surface area (Å²) in [5, 5.41) is 14.2. The van der Waals surface area contributed by atoms with E-state index < -0.39 is 10.0 Å². The molecule has 0 saturated carbocycles. The lowest BCUT2D eigenvalue weighted by molar-refractivity contribution is 0.117. The van der Waals surface area contributed by atoms with Crippen LogP contribution in [0.1, 0.15) is 130 Å². The van der Waals surface area contributed by atoms with E-state index in [2.05, 4.69) is 27.7 Å². The molecule has 3 N–H and O–H groups in total.